The third-order valence-corrected chi connectivity index (χ3v) is 13.2. The van der Waals surface area contributed by atoms with Gasteiger partial charge in [0.25, 0.3) is 5.91 Å². The number of aromatic nitrogens is 1. The molecule has 9 nitrogen and oxygen atoms in total. The molecular weight excluding hydrogens is 640 g/mol. The number of carbonyl (C=O) groups is 3. The lowest BCUT2D eigenvalue weighted by Gasteiger charge is -2.31. The van der Waals surface area contributed by atoms with Crippen LogP contribution in [0.25, 0.3) is 10.9 Å². The van der Waals surface area contributed by atoms with E-state index in [1.165, 1.54) is 0 Å². The number of rotatable bonds is 9. The fraction of sp³-hybridized carbons (Fsp3) is 0.395. The maximum Gasteiger partial charge on any atom is 0.264 e. The van der Waals surface area contributed by atoms with Gasteiger partial charge in [-0.05, 0) is 61.3 Å². The summed E-state index contributed by atoms with van der Waals surface area (Å²) < 4.78 is 22.9. The Bertz CT molecular complexity index is 1890. The molecular formula is C38H43FN4O5Si. The van der Waals surface area contributed by atoms with Crippen molar-refractivity contribution >= 4 is 48.4 Å². The lowest BCUT2D eigenvalue weighted by atomic mass is 9.82. The summed E-state index contributed by atoms with van der Waals surface area (Å²) in [6.07, 6.45) is 2.85. The SMILES string of the molecule is C[C@@H]1[C@@H]([Si](C)(C)F)[C@H](CC(=O)N2CCC[C@H]2CO)O[C@@]12C(=O)N(Cc1ccc(NC(=O)Cc3c[nH]c4ccccc34)cc1)c1ccccc12. The molecule has 0 saturated carbocycles. The third-order valence-electron chi connectivity index (χ3n) is 10.8. The van der Waals surface area contributed by atoms with Crippen LogP contribution in [0.4, 0.5) is 15.5 Å². The number of hydrogen-bond donors (Lipinski definition) is 3. The van der Waals surface area contributed by atoms with E-state index in [1.54, 1.807) is 22.9 Å². The summed E-state index contributed by atoms with van der Waals surface area (Å²) >= 11 is 0. The minimum Gasteiger partial charge on any atom is -0.394 e. The van der Waals surface area contributed by atoms with Crippen LogP contribution < -0.4 is 10.2 Å². The molecule has 0 unspecified atom stereocenters. The molecule has 2 fully saturated rings. The largest absolute Gasteiger partial charge is 0.394 e. The molecule has 5 atom stereocenters. The first-order chi connectivity index (χ1) is 23.5. The number of aliphatic hydroxyl groups is 1. The van der Waals surface area contributed by atoms with Gasteiger partial charge < -0.3 is 34.1 Å². The predicted molar refractivity (Wildman–Crippen MR) is 189 cm³/mol. The normalized spacial score (nSPS) is 25.0. The van der Waals surface area contributed by atoms with Gasteiger partial charge >= 0.3 is 0 Å². The smallest absolute Gasteiger partial charge is 0.264 e. The highest BCUT2D eigenvalue weighted by atomic mass is 28.4. The Labute approximate surface area is 286 Å². The first kappa shape index (κ1) is 33.2. The van der Waals surface area contributed by atoms with Gasteiger partial charge in [0.15, 0.2) is 5.60 Å². The highest BCUT2D eigenvalue weighted by molar-refractivity contribution is 6.72. The number of carbonyl (C=O) groups excluding carboxylic acids is 3. The number of amides is 3. The molecule has 1 spiro atoms. The average molecular weight is 683 g/mol. The van der Waals surface area contributed by atoms with E-state index in [0.29, 0.717) is 23.5 Å². The third kappa shape index (κ3) is 5.87. The van der Waals surface area contributed by atoms with Crippen molar-refractivity contribution in [2.24, 2.45) is 5.92 Å². The van der Waals surface area contributed by atoms with Crippen molar-refractivity contribution in [3.63, 3.8) is 0 Å². The lowest BCUT2D eigenvalue weighted by molar-refractivity contribution is -0.150. The number of nitrogens with zero attached hydrogens (tertiary/aromatic N) is 2. The van der Waals surface area contributed by atoms with Crippen molar-refractivity contribution < 1.29 is 28.3 Å². The van der Waals surface area contributed by atoms with Crippen LogP contribution in [0, 0.1) is 5.92 Å². The zero-order valence-corrected chi connectivity index (χ0v) is 29.1. The Hall–Kier alpha value is -4.32. The molecule has 256 valence electrons. The van der Waals surface area contributed by atoms with E-state index in [9.17, 15) is 19.5 Å². The van der Waals surface area contributed by atoms with Crippen molar-refractivity contribution in [2.45, 2.75) is 75.5 Å². The second-order valence-electron chi connectivity index (χ2n) is 14.2. The topological polar surface area (TPSA) is 115 Å². The molecule has 3 aromatic carbocycles. The van der Waals surface area contributed by atoms with Gasteiger partial charge in [-0.15, -0.1) is 0 Å². The van der Waals surface area contributed by atoms with E-state index in [-0.39, 0.29) is 49.8 Å². The van der Waals surface area contributed by atoms with Crippen molar-refractivity contribution in [1.29, 1.82) is 0 Å². The highest BCUT2D eigenvalue weighted by Crippen LogP contribution is 2.60. The number of aromatic amines is 1. The van der Waals surface area contributed by atoms with Gasteiger partial charge in [-0.2, -0.15) is 0 Å². The molecule has 4 heterocycles. The molecule has 49 heavy (non-hydrogen) atoms. The molecule has 0 aliphatic carbocycles. The molecule has 4 aromatic rings. The van der Waals surface area contributed by atoms with Gasteiger partial charge in [-0.25, -0.2) is 0 Å². The number of para-hydroxylation sites is 2. The predicted octanol–water partition coefficient (Wildman–Crippen LogP) is 6.04. The standard InChI is InChI=1S/C38H43FN4O5Si/c1-24-36(49(2,3)39)33(20-35(46)42-18-8-9-28(42)23-44)48-38(24)30-11-5-7-13-32(30)43(37(38)47)22-25-14-16-27(17-15-25)41-34(45)19-26-21-40-31-12-6-4-10-29(26)31/h4-7,10-17,21,24,28,33,36,40,44H,8-9,18-20,22-23H2,1-3H3,(H,41,45)/t24-,28+,33+,36-,38+/m1/s1. The van der Waals surface area contributed by atoms with Gasteiger partial charge in [0.05, 0.1) is 43.8 Å². The van der Waals surface area contributed by atoms with Gasteiger partial charge in [0.2, 0.25) is 20.2 Å². The van der Waals surface area contributed by atoms with Gasteiger partial charge in [-0.3, -0.25) is 14.4 Å². The molecule has 0 bridgehead atoms. The van der Waals surface area contributed by atoms with Gasteiger partial charge in [-0.1, -0.05) is 55.5 Å². The fourth-order valence-corrected chi connectivity index (χ4v) is 11.0. The Kier molecular flexibility index (Phi) is 8.70. The number of aliphatic hydroxyl groups excluding tert-OH is 1. The number of ether oxygens (including phenoxy) is 1. The fourth-order valence-electron chi connectivity index (χ4n) is 8.53. The molecule has 3 N–H and O–H groups in total. The summed E-state index contributed by atoms with van der Waals surface area (Å²) in [5.41, 5.74) is 2.81. The zero-order chi connectivity index (χ0) is 34.5. The zero-order valence-electron chi connectivity index (χ0n) is 28.1. The first-order valence-corrected chi connectivity index (χ1v) is 20.1. The lowest BCUT2D eigenvalue weighted by Crippen LogP contribution is -2.45. The van der Waals surface area contributed by atoms with Crippen LogP contribution in [-0.4, -0.2) is 66.4 Å². The molecule has 3 aliphatic heterocycles. The number of hydrogen-bond acceptors (Lipinski definition) is 5. The van der Waals surface area contributed by atoms with Crippen LogP contribution in [0.3, 0.4) is 0 Å². The number of fused-ring (bicyclic) bond motifs is 3. The molecule has 11 heteroatoms. The Morgan fingerprint density at radius 1 is 1.08 bits per heavy atom. The second-order valence-corrected chi connectivity index (χ2v) is 18.0. The Balaban J connectivity index is 1.10. The van der Waals surface area contributed by atoms with E-state index in [1.807, 2.05) is 85.9 Å². The van der Waals surface area contributed by atoms with Gasteiger partial charge in [0, 0.05) is 46.4 Å². The monoisotopic (exact) mass is 682 g/mol. The van der Waals surface area contributed by atoms with Crippen molar-refractivity contribution in [1.82, 2.24) is 9.88 Å². The first-order valence-electron chi connectivity index (χ1n) is 17.1. The summed E-state index contributed by atoms with van der Waals surface area (Å²) in [4.78, 5) is 47.6. The minimum absolute atomic E-state index is 0.0312. The minimum atomic E-state index is -3.43. The van der Waals surface area contributed by atoms with Crippen molar-refractivity contribution in [2.75, 3.05) is 23.4 Å². The Morgan fingerprint density at radius 2 is 1.82 bits per heavy atom. The van der Waals surface area contributed by atoms with Crippen LogP contribution in [0.1, 0.15) is 42.9 Å². The molecule has 7 rings (SSSR count). The summed E-state index contributed by atoms with van der Waals surface area (Å²) in [6.45, 7) is 5.86. The summed E-state index contributed by atoms with van der Waals surface area (Å²) in [6, 6.07) is 22.6. The molecule has 0 radical (unpaired) electrons. The van der Waals surface area contributed by atoms with E-state index in [2.05, 4.69) is 10.3 Å². The number of benzene rings is 3. The number of anilines is 2. The number of halogens is 1. The second kappa shape index (κ2) is 12.9. The van der Waals surface area contributed by atoms with Crippen molar-refractivity contribution in [3.8, 4) is 0 Å². The molecule has 3 amide bonds. The quantitative estimate of drug-likeness (QED) is 0.147. The summed E-state index contributed by atoms with van der Waals surface area (Å²) in [5.74, 6) is -1.06. The number of nitrogens with one attached hydrogen (secondary N) is 2. The Morgan fingerprint density at radius 3 is 2.57 bits per heavy atom. The average Bonchev–Trinajstić information content (AvgIpc) is 3.84. The van der Waals surface area contributed by atoms with E-state index >= 15 is 4.11 Å². The maximum atomic E-state index is 16.2. The number of H-pyrrole nitrogens is 1. The van der Waals surface area contributed by atoms with Crippen LogP contribution in [0.5, 0.6) is 0 Å². The summed E-state index contributed by atoms with van der Waals surface area (Å²) in [7, 11) is -3.43. The van der Waals surface area contributed by atoms with Crippen LogP contribution in [0.15, 0.2) is 79.0 Å². The maximum absolute atomic E-state index is 16.2. The highest BCUT2D eigenvalue weighted by Gasteiger charge is 2.67. The molecule has 2 saturated heterocycles. The molecule has 3 aliphatic rings. The van der Waals surface area contributed by atoms with E-state index in [4.69, 9.17) is 4.74 Å². The van der Waals surface area contributed by atoms with E-state index in [0.717, 1.165) is 34.9 Å². The van der Waals surface area contributed by atoms with Crippen LogP contribution in [-0.2, 0) is 37.7 Å². The van der Waals surface area contributed by atoms with Crippen molar-refractivity contribution in [3.05, 3.63) is 95.7 Å². The van der Waals surface area contributed by atoms with Crippen LogP contribution >= 0.6 is 0 Å². The summed E-state index contributed by atoms with van der Waals surface area (Å²) in [5, 5.41) is 13.8. The van der Waals surface area contributed by atoms with Crippen LogP contribution in [0.2, 0.25) is 18.6 Å². The number of likely N-dealkylation sites (tertiary alicyclic amines) is 1. The van der Waals surface area contributed by atoms with E-state index < -0.39 is 31.6 Å². The molecule has 1 aromatic heterocycles. The van der Waals surface area contributed by atoms with Gasteiger partial charge in [0.1, 0.15) is 0 Å².